The largest absolute Gasteiger partial charge is 0.390 e. The Kier molecular flexibility index (Phi) is 1.83. The zero-order chi connectivity index (χ0) is 8.65. The molecular formula is C7H10O4. The maximum Gasteiger partial charge on any atom is 0.187 e. The predicted molar refractivity (Wildman–Crippen MR) is 36.8 cm³/mol. The molecule has 0 spiro atoms. The molecule has 0 aromatic rings. The summed E-state index contributed by atoms with van der Waals surface area (Å²) < 4.78 is 0. The summed E-state index contributed by atoms with van der Waals surface area (Å²) in [6.07, 6.45) is -0.495. The minimum absolute atomic E-state index is 0.576. The van der Waals surface area contributed by atoms with Crippen LogP contribution in [0.1, 0.15) is 6.92 Å². The zero-order valence-electron chi connectivity index (χ0n) is 6.06. The van der Waals surface area contributed by atoms with Gasteiger partial charge in [-0.1, -0.05) is 0 Å². The number of ketones is 1. The maximum absolute atomic E-state index is 10.7. The second kappa shape index (κ2) is 2.41. The molecule has 0 aromatic heterocycles. The minimum Gasteiger partial charge on any atom is -0.390 e. The molecule has 0 saturated heterocycles. The first-order valence-corrected chi connectivity index (χ1v) is 3.30. The van der Waals surface area contributed by atoms with Crippen molar-refractivity contribution < 1.29 is 20.1 Å². The molecule has 0 radical (unpaired) electrons. The smallest absolute Gasteiger partial charge is 0.187 e. The van der Waals surface area contributed by atoms with Gasteiger partial charge in [0.05, 0.1) is 6.10 Å². The summed E-state index contributed by atoms with van der Waals surface area (Å²) in [6, 6.07) is 0. The van der Waals surface area contributed by atoms with Gasteiger partial charge in [-0.3, -0.25) is 4.79 Å². The van der Waals surface area contributed by atoms with E-state index in [0.717, 1.165) is 12.2 Å². The Hall–Kier alpha value is -0.710. The van der Waals surface area contributed by atoms with E-state index in [4.69, 9.17) is 10.2 Å². The molecule has 0 aliphatic heterocycles. The van der Waals surface area contributed by atoms with E-state index >= 15 is 0 Å². The summed E-state index contributed by atoms with van der Waals surface area (Å²) in [4.78, 5) is 10.7. The topological polar surface area (TPSA) is 77.8 Å². The van der Waals surface area contributed by atoms with Gasteiger partial charge in [0, 0.05) is 0 Å². The SMILES string of the molecule is C[C@H](O)[C@]1(O)C=CC(=O)[C@H]1O. The summed E-state index contributed by atoms with van der Waals surface area (Å²) in [5.41, 5.74) is -1.79. The lowest BCUT2D eigenvalue weighted by Gasteiger charge is -2.26. The van der Waals surface area contributed by atoms with Crippen molar-refractivity contribution in [2.75, 3.05) is 0 Å². The van der Waals surface area contributed by atoms with Gasteiger partial charge in [-0.05, 0) is 19.1 Å². The van der Waals surface area contributed by atoms with Gasteiger partial charge in [-0.2, -0.15) is 0 Å². The minimum atomic E-state index is -1.79. The van der Waals surface area contributed by atoms with Crippen LogP contribution in [0.5, 0.6) is 0 Å². The molecule has 3 atom stereocenters. The summed E-state index contributed by atoms with van der Waals surface area (Å²) in [6.45, 7) is 1.31. The third kappa shape index (κ3) is 1.09. The molecule has 1 rings (SSSR count). The van der Waals surface area contributed by atoms with Crippen LogP contribution in [0.25, 0.3) is 0 Å². The third-order valence-electron chi connectivity index (χ3n) is 1.89. The van der Waals surface area contributed by atoms with Gasteiger partial charge in [0.1, 0.15) is 5.60 Å². The van der Waals surface area contributed by atoms with Crippen LogP contribution in [0.3, 0.4) is 0 Å². The molecule has 0 heterocycles. The van der Waals surface area contributed by atoms with Crippen LogP contribution in [0.2, 0.25) is 0 Å². The van der Waals surface area contributed by atoms with E-state index in [9.17, 15) is 9.90 Å². The van der Waals surface area contributed by atoms with E-state index in [1.165, 1.54) is 6.92 Å². The van der Waals surface area contributed by atoms with E-state index in [2.05, 4.69) is 0 Å². The lowest BCUT2D eigenvalue weighted by atomic mass is 9.94. The molecule has 4 nitrogen and oxygen atoms in total. The highest BCUT2D eigenvalue weighted by Gasteiger charge is 2.45. The average molecular weight is 158 g/mol. The lowest BCUT2D eigenvalue weighted by Crippen LogP contribution is -2.49. The highest BCUT2D eigenvalue weighted by Crippen LogP contribution is 2.24. The van der Waals surface area contributed by atoms with Crippen LogP contribution in [-0.4, -0.2) is 38.9 Å². The summed E-state index contributed by atoms with van der Waals surface area (Å²) in [5, 5.41) is 27.5. The number of aliphatic hydroxyl groups excluding tert-OH is 2. The van der Waals surface area contributed by atoms with E-state index in [0.29, 0.717) is 0 Å². The fourth-order valence-electron chi connectivity index (χ4n) is 0.994. The highest BCUT2D eigenvalue weighted by molar-refractivity contribution is 5.97. The third-order valence-corrected chi connectivity index (χ3v) is 1.89. The van der Waals surface area contributed by atoms with Gasteiger partial charge in [0.25, 0.3) is 0 Å². The molecule has 0 amide bonds. The van der Waals surface area contributed by atoms with E-state index in [1.54, 1.807) is 0 Å². The standard InChI is InChI=1S/C7H10O4/c1-4(8)7(11)3-2-5(9)6(7)10/h2-4,6,8,10-11H,1H3/t4-,6+,7+/m0/s1. The lowest BCUT2D eigenvalue weighted by molar-refractivity contribution is -0.140. The van der Waals surface area contributed by atoms with Crippen molar-refractivity contribution >= 4 is 5.78 Å². The van der Waals surface area contributed by atoms with Crippen molar-refractivity contribution in [3.05, 3.63) is 12.2 Å². The van der Waals surface area contributed by atoms with Crippen LogP contribution in [0.4, 0.5) is 0 Å². The van der Waals surface area contributed by atoms with Crippen LogP contribution in [-0.2, 0) is 4.79 Å². The number of aliphatic hydroxyl groups is 3. The van der Waals surface area contributed by atoms with E-state index in [1.807, 2.05) is 0 Å². The molecule has 0 bridgehead atoms. The molecule has 62 valence electrons. The summed E-state index contributed by atoms with van der Waals surface area (Å²) >= 11 is 0. The van der Waals surface area contributed by atoms with Crippen molar-refractivity contribution in [3.63, 3.8) is 0 Å². The fourth-order valence-corrected chi connectivity index (χ4v) is 0.994. The molecule has 0 unspecified atom stereocenters. The Morgan fingerprint density at radius 1 is 1.73 bits per heavy atom. The van der Waals surface area contributed by atoms with Crippen molar-refractivity contribution in [2.24, 2.45) is 0 Å². The Bertz CT molecular complexity index is 208. The Labute approximate surface area is 63.8 Å². The Morgan fingerprint density at radius 3 is 2.45 bits per heavy atom. The van der Waals surface area contributed by atoms with Crippen LogP contribution in [0.15, 0.2) is 12.2 Å². The molecular weight excluding hydrogens is 148 g/mol. The van der Waals surface area contributed by atoms with E-state index in [-0.39, 0.29) is 0 Å². The molecule has 0 aromatic carbocycles. The fraction of sp³-hybridized carbons (Fsp3) is 0.571. The number of carbonyl (C=O) groups is 1. The molecule has 1 aliphatic rings. The normalized spacial score (nSPS) is 39.6. The number of hydrogen-bond acceptors (Lipinski definition) is 4. The summed E-state index contributed by atoms with van der Waals surface area (Å²) in [5.74, 6) is -0.576. The number of hydrogen-bond donors (Lipinski definition) is 3. The second-order valence-corrected chi connectivity index (χ2v) is 2.70. The number of rotatable bonds is 1. The second-order valence-electron chi connectivity index (χ2n) is 2.70. The monoisotopic (exact) mass is 158 g/mol. The quantitative estimate of drug-likeness (QED) is 0.438. The first-order valence-electron chi connectivity index (χ1n) is 3.30. The van der Waals surface area contributed by atoms with Crippen molar-refractivity contribution in [1.29, 1.82) is 0 Å². The maximum atomic E-state index is 10.7. The van der Waals surface area contributed by atoms with Gasteiger partial charge in [-0.15, -0.1) is 0 Å². The zero-order valence-corrected chi connectivity index (χ0v) is 6.06. The first-order chi connectivity index (χ1) is 4.98. The average Bonchev–Trinajstić information content (AvgIpc) is 2.18. The van der Waals surface area contributed by atoms with Crippen LogP contribution >= 0.6 is 0 Å². The van der Waals surface area contributed by atoms with Crippen LogP contribution < -0.4 is 0 Å². The first kappa shape index (κ1) is 8.39. The van der Waals surface area contributed by atoms with Gasteiger partial charge >= 0.3 is 0 Å². The molecule has 0 saturated carbocycles. The van der Waals surface area contributed by atoms with Gasteiger partial charge < -0.3 is 15.3 Å². The van der Waals surface area contributed by atoms with Crippen molar-refractivity contribution in [1.82, 2.24) is 0 Å². The molecule has 3 N–H and O–H groups in total. The van der Waals surface area contributed by atoms with Crippen molar-refractivity contribution in [2.45, 2.75) is 24.7 Å². The van der Waals surface area contributed by atoms with Crippen LogP contribution in [0, 0.1) is 0 Å². The molecule has 11 heavy (non-hydrogen) atoms. The van der Waals surface area contributed by atoms with E-state index < -0.39 is 23.6 Å². The number of carbonyl (C=O) groups excluding carboxylic acids is 1. The van der Waals surface area contributed by atoms with Crippen molar-refractivity contribution in [3.8, 4) is 0 Å². The Balaban J connectivity index is 2.90. The van der Waals surface area contributed by atoms with Gasteiger partial charge in [-0.25, -0.2) is 0 Å². The molecule has 4 heteroatoms. The molecule has 0 fully saturated rings. The van der Waals surface area contributed by atoms with Gasteiger partial charge in [0.2, 0.25) is 0 Å². The summed E-state index contributed by atoms with van der Waals surface area (Å²) in [7, 11) is 0. The Morgan fingerprint density at radius 2 is 2.27 bits per heavy atom. The van der Waals surface area contributed by atoms with Gasteiger partial charge in [0.15, 0.2) is 11.9 Å². The molecule has 1 aliphatic carbocycles. The predicted octanol–water partition coefficient (Wildman–Crippen LogP) is -1.40. The highest BCUT2D eigenvalue weighted by atomic mass is 16.4.